The molecule has 0 aliphatic carbocycles. The smallest absolute Gasteiger partial charge is 0.305 e. The van der Waals surface area contributed by atoms with Gasteiger partial charge in [-0.05, 0) is 12.1 Å². The first-order valence-electron chi connectivity index (χ1n) is 7.18. The van der Waals surface area contributed by atoms with Crippen molar-refractivity contribution < 1.29 is 50.5 Å². The Labute approximate surface area is 160 Å². The number of fused-ring (bicyclic) bond motifs is 1. The number of nitrogens with zero attached hydrogens (tertiary/aromatic N) is 1. The topological polar surface area (TPSA) is 138 Å². The summed E-state index contributed by atoms with van der Waals surface area (Å²) >= 11 is 0. The van der Waals surface area contributed by atoms with E-state index in [0.717, 1.165) is 4.90 Å². The SMILES string of the molecule is NCCC(=O)O.O=C(O)CCN1C(=O)c2ccccc2C1=O.[CH2-]C.[W]. The Morgan fingerprint density at radius 2 is 1.40 bits per heavy atom. The zero-order valence-corrected chi connectivity index (χ0v) is 16.7. The van der Waals surface area contributed by atoms with Gasteiger partial charge in [-0.25, -0.2) is 0 Å². The molecule has 0 saturated carbocycles. The zero-order valence-electron chi connectivity index (χ0n) is 13.8. The normalized spacial score (nSPS) is 11.2. The van der Waals surface area contributed by atoms with Crippen LogP contribution in [0.5, 0.6) is 0 Å². The molecule has 0 unspecified atom stereocenters. The van der Waals surface area contributed by atoms with Crippen molar-refractivity contribution in [2.24, 2.45) is 5.73 Å². The van der Waals surface area contributed by atoms with Gasteiger partial charge in [-0.15, -0.1) is 0 Å². The molecular weight excluding hydrogens is 500 g/mol. The third kappa shape index (κ3) is 8.05. The zero-order chi connectivity index (χ0) is 18.7. The van der Waals surface area contributed by atoms with Gasteiger partial charge < -0.3 is 22.9 Å². The quantitative estimate of drug-likeness (QED) is 0.389. The molecule has 1 aromatic carbocycles. The Balaban J connectivity index is 0. The monoisotopic (exact) mass is 521 g/mol. The van der Waals surface area contributed by atoms with Crippen LogP contribution in [0.4, 0.5) is 0 Å². The summed E-state index contributed by atoms with van der Waals surface area (Å²) in [7, 11) is 0. The van der Waals surface area contributed by atoms with Gasteiger partial charge in [-0.3, -0.25) is 24.1 Å². The Morgan fingerprint density at radius 3 is 1.68 bits per heavy atom. The van der Waals surface area contributed by atoms with E-state index in [-0.39, 0.29) is 47.0 Å². The standard InChI is InChI=1S/C11H9NO4.C3H7NO2.C2H5.W/c13-9(14)5-6-12-10(15)7-3-1-2-4-8(7)11(12)16;4-2-1-3(5)6;1-2;/h1-4H,5-6H2,(H,13,14);1-2,4H2,(H,5,6);1H2,2H3;/q;;-1;. The van der Waals surface area contributed by atoms with Crippen LogP contribution >= 0.6 is 0 Å². The van der Waals surface area contributed by atoms with Gasteiger partial charge in [0.1, 0.15) is 0 Å². The van der Waals surface area contributed by atoms with Gasteiger partial charge in [0, 0.05) is 34.2 Å². The third-order valence-electron chi connectivity index (χ3n) is 2.79. The molecule has 9 heteroatoms. The molecule has 0 saturated heterocycles. The van der Waals surface area contributed by atoms with Gasteiger partial charge in [0.15, 0.2) is 0 Å². The van der Waals surface area contributed by atoms with Crippen molar-refractivity contribution in [3.05, 3.63) is 42.3 Å². The summed E-state index contributed by atoms with van der Waals surface area (Å²) in [5.41, 5.74) is 5.54. The van der Waals surface area contributed by atoms with Crippen LogP contribution < -0.4 is 5.73 Å². The van der Waals surface area contributed by atoms with E-state index in [2.05, 4.69) is 6.92 Å². The number of imide groups is 1. The van der Waals surface area contributed by atoms with Gasteiger partial charge >= 0.3 is 11.9 Å². The van der Waals surface area contributed by atoms with Crippen molar-refractivity contribution in [3.8, 4) is 0 Å². The average molecular weight is 521 g/mol. The van der Waals surface area contributed by atoms with Crippen LogP contribution in [0.15, 0.2) is 24.3 Å². The van der Waals surface area contributed by atoms with E-state index < -0.39 is 23.8 Å². The van der Waals surface area contributed by atoms with Crippen LogP contribution in [-0.4, -0.2) is 52.0 Å². The molecule has 0 fully saturated rings. The number of hydrogen-bond acceptors (Lipinski definition) is 5. The van der Waals surface area contributed by atoms with Crippen molar-refractivity contribution in [2.45, 2.75) is 19.8 Å². The summed E-state index contributed by atoms with van der Waals surface area (Å²) in [4.78, 5) is 44.3. The van der Waals surface area contributed by atoms with Crippen LogP contribution in [0.3, 0.4) is 0 Å². The van der Waals surface area contributed by atoms with Crippen molar-refractivity contribution >= 4 is 23.8 Å². The molecule has 25 heavy (non-hydrogen) atoms. The van der Waals surface area contributed by atoms with Gasteiger partial charge in [0.2, 0.25) is 0 Å². The number of carboxylic acids is 2. The molecule has 2 rings (SSSR count). The fraction of sp³-hybridized carbons (Fsp3) is 0.312. The minimum absolute atomic E-state index is 0. The largest absolute Gasteiger partial charge is 0.481 e. The second-order valence-electron chi connectivity index (χ2n) is 4.38. The third-order valence-corrected chi connectivity index (χ3v) is 2.79. The van der Waals surface area contributed by atoms with Crippen molar-refractivity contribution in [1.29, 1.82) is 0 Å². The number of amides is 2. The number of benzene rings is 1. The molecule has 0 radical (unpaired) electrons. The van der Waals surface area contributed by atoms with E-state index in [4.69, 9.17) is 15.9 Å². The maximum atomic E-state index is 11.7. The molecular formula is C16H21N2O6W-. The van der Waals surface area contributed by atoms with Crippen molar-refractivity contribution in [3.63, 3.8) is 0 Å². The van der Waals surface area contributed by atoms with Crippen LogP contribution in [0, 0.1) is 6.92 Å². The summed E-state index contributed by atoms with van der Waals surface area (Å²) in [6, 6.07) is 6.47. The molecule has 138 valence electrons. The molecule has 1 aromatic rings. The average Bonchev–Trinajstić information content (AvgIpc) is 2.80. The molecule has 0 spiro atoms. The van der Waals surface area contributed by atoms with E-state index in [1.165, 1.54) is 0 Å². The molecule has 1 aliphatic heterocycles. The van der Waals surface area contributed by atoms with Crippen LogP contribution in [0.1, 0.15) is 40.5 Å². The van der Waals surface area contributed by atoms with Crippen LogP contribution in [-0.2, 0) is 30.7 Å². The van der Waals surface area contributed by atoms with Crippen LogP contribution in [0.2, 0.25) is 0 Å². The van der Waals surface area contributed by atoms with Gasteiger partial charge in [0.05, 0.1) is 24.0 Å². The Hall–Kier alpha value is -2.05. The maximum Gasteiger partial charge on any atom is 0.305 e. The fourth-order valence-electron chi connectivity index (χ4n) is 1.77. The second-order valence-corrected chi connectivity index (χ2v) is 4.38. The number of hydrogen-bond donors (Lipinski definition) is 3. The first-order chi connectivity index (χ1) is 11.4. The van der Waals surface area contributed by atoms with E-state index >= 15 is 0 Å². The predicted molar refractivity (Wildman–Crippen MR) is 86.4 cm³/mol. The number of nitrogens with two attached hydrogens (primary N) is 1. The molecule has 1 aliphatic rings. The summed E-state index contributed by atoms with van der Waals surface area (Å²) in [6.07, 6.45) is -0.161. The summed E-state index contributed by atoms with van der Waals surface area (Å²) in [5.74, 6) is -2.70. The van der Waals surface area contributed by atoms with Gasteiger partial charge in [-0.2, -0.15) is 6.92 Å². The summed E-state index contributed by atoms with van der Waals surface area (Å²) in [6.45, 7) is 5.15. The van der Waals surface area contributed by atoms with E-state index in [9.17, 15) is 19.2 Å². The molecule has 4 N–H and O–H groups in total. The minimum Gasteiger partial charge on any atom is -0.481 e. The van der Waals surface area contributed by atoms with Crippen molar-refractivity contribution in [1.82, 2.24) is 4.90 Å². The van der Waals surface area contributed by atoms with E-state index in [1.807, 2.05) is 0 Å². The van der Waals surface area contributed by atoms with Crippen LogP contribution in [0.25, 0.3) is 0 Å². The molecule has 8 nitrogen and oxygen atoms in total. The number of carboxylic acid groups (broad SMARTS) is 2. The predicted octanol–water partition coefficient (Wildman–Crippen LogP) is 1.01. The first kappa shape index (κ1) is 25.2. The van der Waals surface area contributed by atoms with E-state index in [0.29, 0.717) is 11.1 Å². The Morgan fingerprint density at radius 1 is 1.00 bits per heavy atom. The number of rotatable bonds is 5. The molecule has 1 heterocycles. The number of aliphatic carboxylic acids is 2. The summed E-state index contributed by atoms with van der Waals surface area (Å²) < 4.78 is 0. The van der Waals surface area contributed by atoms with Gasteiger partial charge in [0.25, 0.3) is 11.8 Å². The minimum atomic E-state index is -1.03. The molecule has 0 atom stereocenters. The van der Waals surface area contributed by atoms with E-state index in [1.54, 1.807) is 31.2 Å². The molecule has 0 aromatic heterocycles. The van der Waals surface area contributed by atoms with Crippen molar-refractivity contribution in [2.75, 3.05) is 13.1 Å². The first-order valence-corrected chi connectivity index (χ1v) is 7.18. The number of carbonyl (C=O) groups excluding carboxylic acids is 2. The Bertz CT molecular complexity index is 571. The van der Waals surface area contributed by atoms with Gasteiger partial charge in [-0.1, -0.05) is 12.1 Å². The molecule has 0 bridgehead atoms. The number of carbonyl (C=O) groups is 4. The Kier molecular flexibility index (Phi) is 13.4. The maximum absolute atomic E-state index is 11.7. The molecule has 2 amide bonds. The fourth-order valence-corrected chi connectivity index (χ4v) is 1.77. The summed E-state index contributed by atoms with van der Waals surface area (Å²) in [5, 5.41) is 16.3. The second kappa shape index (κ2) is 13.3.